The minimum Gasteiger partial charge on any atom is -0.469 e. The molecule has 0 radical (unpaired) electrons. The Bertz CT molecular complexity index is 470. The van der Waals surface area contributed by atoms with Gasteiger partial charge in [0.2, 0.25) is 0 Å². The van der Waals surface area contributed by atoms with E-state index in [1.54, 1.807) is 18.4 Å². The lowest BCUT2D eigenvalue weighted by atomic mass is 10.3. The molecule has 1 N–H and O–H groups in total. The van der Waals surface area contributed by atoms with Gasteiger partial charge in [0.25, 0.3) is 0 Å². The van der Waals surface area contributed by atoms with Gasteiger partial charge in [0.1, 0.15) is 17.6 Å². The van der Waals surface area contributed by atoms with Gasteiger partial charge in [-0.3, -0.25) is 0 Å². The maximum absolute atomic E-state index is 8.54. The molecule has 0 fully saturated rings. The van der Waals surface area contributed by atoms with E-state index in [2.05, 4.69) is 15.5 Å². The van der Waals surface area contributed by atoms with Crippen molar-refractivity contribution in [3.8, 4) is 6.07 Å². The molecular weight excluding hydrogens is 204 g/mol. The zero-order valence-corrected chi connectivity index (χ0v) is 8.55. The van der Waals surface area contributed by atoms with Crippen LogP contribution in [0.4, 0.5) is 5.82 Å². The highest BCUT2D eigenvalue weighted by atomic mass is 16.3. The van der Waals surface area contributed by atoms with Gasteiger partial charge in [0.05, 0.1) is 6.26 Å². The summed E-state index contributed by atoms with van der Waals surface area (Å²) >= 11 is 0. The Morgan fingerprint density at radius 3 is 2.88 bits per heavy atom. The molecule has 0 spiro atoms. The van der Waals surface area contributed by atoms with Gasteiger partial charge in [-0.1, -0.05) is 0 Å². The lowest BCUT2D eigenvalue weighted by Gasteiger charge is -2.02. The highest BCUT2D eigenvalue weighted by Crippen LogP contribution is 2.03. The molecule has 5 heteroatoms. The molecule has 2 aromatic heterocycles. The Morgan fingerprint density at radius 1 is 1.31 bits per heavy atom. The van der Waals surface area contributed by atoms with Crippen molar-refractivity contribution < 1.29 is 4.42 Å². The molecule has 2 heterocycles. The summed E-state index contributed by atoms with van der Waals surface area (Å²) in [5.74, 6) is 1.58. The van der Waals surface area contributed by atoms with Crippen LogP contribution in [-0.4, -0.2) is 16.7 Å². The van der Waals surface area contributed by atoms with Gasteiger partial charge in [-0.2, -0.15) is 5.26 Å². The Kier molecular flexibility index (Phi) is 3.14. The summed E-state index contributed by atoms with van der Waals surface area (Å²) in [6.07, 6.45) is 2.44. The van der Waals surface area contributed by atoms with E-state index in [1.165, 1.54) is 0 Å². The summed E-state index contributed by atoms with van der Waals surface area (Å²) in [4.78, 5) is 0. The molecule has 0 aliphatic carbocycles. The first-order chi connectivity index (χ1) is 7.88. The van der Waals surface area contributed by atoms with Gasteiger partial charge < -0.3 is 9.73 Å². The van der Waals surface area contributed by atoms with Gasteiger partial charge in [-0.15, -0.1) is 10.2 Å². The van der Waals surface area contributed by atoms with Crippen LogP contribution in [0.5, 0.6) is 0 Å². The molecule has 16 heavy (non-hydrogen) atoms. The van der Waals surface area contributed by atoms with Crippen molar-refractivity contribution in [3.63, 3.8) is 0 Å². The van der Waals surface area contributed by atoms with Crippen molar-refractivity contribution in [2.45, 2.75) is 6.42 Å². The minimum atomic E-state index is 0.316. The smallest absolute Gasteiger partial charge is 0.163 e. The van der Waals surface area contributed by atoms with Crippen molar-refractivity contribution in [3.05, 3.63) is 42.0 Å². The summed E-state index contributed by atoms with van der Waals surface area (Å²) in [5, 5.41) is 19.2. The predicted molar refractivity (Wildman–Crippen MR) is 57.6 cm³/mol. The normalized spacial score (nSPS) is 9.69. The van der Waals surface area contributed by atoms with Crippen molar-refractivity contribution >= 4 is 5.82 Å². The summed E-state index contributed by atoms with van der Waals surface area (Å²) in [7, 11) is 0. The molecule has 2 rings (SSSR count). The van der Waals surface area contributed by atoms with Crippen molar-refractivity contribution in [1.82, 2.24) is 10.2 Å². The van der Waals surface area contributed by atoms with E-state index >= 15 is 0 Å². The zero-order chi connectivity index (χ0) is 11.2. The standard InChI is InChI=1S/C11H10N4O/c12-8-9-3-4-11(15-14-9)13-6-5-10-2-1-7-16-10/h1-4,7H,5-6H2,(H,13,15). The number of anilines is 1. The SMILES string of the molecule is N#Cc1ccc(NCCc2ccco2)nn1. The van der Waals surface area contributed by atoms with Crippen LogP contribution in [0.2, 0.25) is 0 Å². The maximum Gasteiger partial charge on any atom is 0.163 e. The molecule has 0 aliphatic rings. The third kappa shape index (κ3) is 2.58. The fraction of sp³-hybridized carbons (Fsp3) is 0.182. The molecule has 5 nitrogen and oxygen atoms in total. The van der Waals surface area contributed by atoms with Crippen LogP contribution < -0.4 is 5.32 Å². The van der Waals surface area contributed by atoms with Crippen LogP contribution in [0.25, 0.3) is 0 Å². The van der Waals surface area contributed by atoms with Gasteiger partial charge in [0.15, 0.2) is 5.69 Å². The predicted octanol–water partition coefficient (Wildman–Crippen LogP) is 1.60. The summed E-state index contributed by atoms with van der Waals surface area (Å²) in [6, 6.07) is 9.05. The topological polar surface area (TPSA) is 74.7 Å². The van der Waals surface area contributed by atoms with E-state index in [9.17, 15) is 0 Å². The second-order valence-corrected chi connectivity index (χ2v) is 3.17. The van der Waals surface area contributed by atoms with Crippen molar-refractivity contribution in [2.24, 2.45) is 0 Å². The number of hydrogen-bond donors (Lipinski definition) is 1. The molecule has 0 unspecified atom stereocenters. The number of aromatic nitrogens is 2. The number of hydrogen-bond acceptors (Lipinski definition) is 5. The quantitative estimate of drug-likeness (QED) is 0.836. The molecule has 0 saturated carbocycles. The van der Waals surface area contributed by atoms with Gasteiger partial charge in [-0.25, -0.2) is 0 Å². The Hall–Kier alpha value is -2.35. The number of nitrogens with one attached hydrogen (secondary N) is 1. The first-order valence-electron chi connectivity index (χ1n) is 4.88. The molecule has 0 saturated heterocycles. The van der Waals surface area contributed by atoms with Gasteiger partial charge in [-0.05, 0) is 24.3 Å². The highest BCUT2D eigenvalue weighted by molar-refractivity contribution is 5.35. The van der Waals surface area contributed by atoms with Crippen LogP contribution in [0.1, 0.15) is 11.5 Å². The highest BCUT2D eigenvalue weighted by Gasteiger charge is 1.98. The first-order valence-corrected chi connectivity index (χ1v) is 4.88. The molecule has 0 amide bonds. The van der Waals surface area contributed by atoms with Crippen molar-refractivity contribution in [1.29, 1.82) is 5.26 Å². The lowest BCUT2D eigenvalue weighted by Crippen LogP contribution is -2.06. The van der Waals surface area contributed by atoms with E-state index in [4.69, 9.17) is 9.68 Å². The Balaban J connectivity index is 1.83. The zero-order valence-electron chi connectivity index (χ0n) is 8.55. The third-order valence-electron chi connectivity index (χ3n) is 2.04. The minimum absolute atomic E-state index is 0.316. The molecule has 80 valence electrons. The number of nitrogens with zero attached hydrogens (tertiary/aromatic N) is 3. The fourth-order valence-electron chi connectivity index (χ4n) is 1.25. The molecule has 0 aliphatic heterocycles. The average molecular weight is 214 g/mol. The van der Waals surface area contributed by atoms with Crippen LogP contribution in [0.3, 0.4) is 0 Å². The van der Waals surface area contributed by atoms with Crippen LogP contribution in [-0.2, 0) is 6.42 Å². The second-order valence-electron chi connectivity index (χ2n) is 3.17. The summed E-state index contributed by atoms with van der Waals surface area (Å²) in [6.45, 7) is 0.716. The number of nitriles is 1. The number of rotatable bonds is 4. The van der Waals surface area contributed by atoms with Crippen LogP contribution in [0, 0.1) is 11.3 Å². The average Bonchev–Trinajstić information content (AvgIpc) is 2.83. The van der Waals surface area contributed by atoms with Crippen molar-refractivity contribution in [2.75, 3.05) is 11.9 Å². The summed E-state index contributed by atoms with van der Waals surface area (Å²) in [5.41, 5.74) is 0.316. The second kappa shape index (κ2) is 4.94. The Labute approximate surface area is 92.7 Å². The lowest BCUT2D eigenvalue weighted by molar-refractivity contribution is 0.513. The largest absolute Gasteiger partial charge is 0.469 e. The van der Waals surface area contributed by atoms with Crippen LogP contribution >= 0.6 is 0 Å². The van der Waals surface area contributed by atoms with E-state index < -0.39 is 0 Å². The van der Waals surface area contributed by atoms with Gasteiger partial charge >= 0.3 is 0 Å². The fourth-order valence-corrected chi connectivity index (χ4v) is 1.25. The van der Waals surface area contributed by atoms with E-state index in [-0.39, 0.29) is 0 Å². The monoisotopic (exact) mass is 214 g/mol. The molecular formula is C11H10N4O. The molecule has 0 bridgehead atoms. The number of furan rings is 1. The molecule has 0 aromatic carbocycles. The summed E-state index contributed by atoms with van der Waals surface area (Å²) < 4.78 is 5.19. The maximum atomic E-state index is 8.54. The van der Waals surface area contributed by atoms with Crippen LogP contribution in [0.15, 0.2) is 34.9 Å². The third-order valence-corrected chi connectivity index (χ3v) is 2.04. The first kappa shape index (κ1) is 10.2. The molecule has 0 atom stereocenters. The Morgan fingerprint density at radius 2 is 2.25 bits per heavy atom. The van der Waals surface area contributed by atoms with E-state index in [1.807, 2.05) is 18.2 Å². The van der Waals surface area contributed by atoms with E-state index in [0.717, 1.165) is 12.2 Å². The van der Waals surface area contributed by atoms with E-state index in [0.29, 0.717) is 18.1 Å². The van der Waals surface area contributed by atoms with Gasteiger partial charge in [0, 0.05) is 13.0 Å². The molecule has 2 aromatic rings.